The van der Waals surface area contributed by atoms with E-state index in [2.05, 4.69) is 55.7 Å². The molecule has 0 N–H and O–H groups in total. The number of anilines is 1. The van der Waals surface area contributed by atoms with Crippen molar-refractivity contribution in [3.63, 3.8) is 0 Å². The van der Waals surface area contributed by atoms with E-state index in [0.29, 0.717) is 6.04 Å². The zero-order valence-corrected chi connectivity index (χ0v) is 13.0. The summed E-state index contributed by atoms with van der Waals surface area (Å²) in [5, 5.41) is 2.94. The number of thiazole rings is 1. The maximum Gasteiger partial charge on any atom is 0.195 e. The van der Waals surface area contributed by atoms with Crippen molar-refractivity contribution in [3.8, 4) is 0 Å². The number of rotatable bonds is 2. The fourth-order valence-electron chi connectivity index (χ4n) is 2.63. The Morgan fingerprint density at radius 1 is 1.50 bits per heavy atom. The van der Waals surface area contributed by atoms with E-state index in [1.165, 1.54) is 5.69 Å². The van der Waals surface area contributed by atoms with E-state index in [-0.39, 0.29) is 0 Å². The summed E-state index contributed by atoms with van der Waals surface area (Å²) in [6.45, 7) is 5.55. The van der Waals surface area contributed by atoms with Gasteiger partial charge in [0.25, 0.3) is 0 Å². The number of imidazole rings is 1. The summed E-state index contributed by atoms with van der Waals surface area (Å²) in [5.41, 5.74) is 1.27. The maximum absolute atomic E-state index is 4.80. The Labute approximate surface area is 119 Å². The number of halogens is 1. The zero-order valence-electron chi connectivity index (χ0n) is 10.6. The number of likely N-dealkylation sites (N-methyl/N-ethyl adjacent to an activating group) is 1. The second-order valence-electron chi connectivity index (χ2n) is 4.88. The van der Waals surface area contributed by atoms with Gasteiger partial charge in [-0.3, -0.25) is 4.40 Å². The zero-order chi connectivity index (χ0) is 12.7. The molecule has 0 bridgehead atoms. The van der Waals surface area contributed by atoms with Crippen LogP contribution in [0, 0.1) is 0 Å². The van der Waals surface area contributed by atoms with Crippen LogP contribution in [0.4, 0.5) is 5.82 Å². The third-order valence-corrected chi connectivity index (χ3v) is 4.86. The lowest BCUT2D eigenvalue weighted by Crippen LogP contribution is -2.51. The summed E-state index contributed by atoms with van der Waals surface area (Å²) >= 11 is 5.30. The van der Waals surface area contributed by atoms with Crippen molar-refractivity contribution in [2.24, 2.45) is 0 Å². The summed E-state index contributed by atoms with van der Waals surface area (Å²) in [5.74, 6) is 1.15. The predicted molar refractivity (Wildman–Crippen MR) is 80.0 cm³/mol. The second-order valence-corrected chi connectivity index (χ2v) is 6.31. The molecule has 18 heavy (non-hydrogen) atoms. The first-order valence-electron chi connectivity index (χ1n) is 6.16. The monoisotopic (exact) mass is 328 g/mol. The third kappa shape index (κ3) is 1.96. The highest BCUT2D eigenvalue weighted by molar-refractivity contribution is 9.08. The molecule has 1 aliphatic rings. The first-order chi connectivity index (χ1) is 8.70. The molecule has 0 amide bonds. The number of alkyl halides is 1. The number of hydrogen-bond acceptors (Lipinski definition) is 4. The van der Waals surface area contributed by atoms with Gasteiger partial charge in [0.2, 0.25) is 0 Å². The molecule has 6 heteroatoms. The Bertz CT molecular complexity index is 549. The standard InChI is InChI=1S/C12H17BrN4S/c1-9-8-15(2)3-4-16(9)11-10(7-13)17-5-6-18-12(17)14-11/h5-6,9H,3-4,7-8H2,1-2H3. The van der Waals surface area contributed by atoms with Gasteiger partial charge in [-0.2, -0.15) is 0 Å². The molecule has 0 radical (unpaired) electrons. The van der Waals surface area contributed by atoms with Crippen molar-refractivity contribution in [2.75, 3.05) is 31.6 Å². The molecule has 3 heterocycles. The number of nitrogens with zero attached hydrogens (tertiary/aromatic N) is 4. The van der Waals surface area contributed by atoms with Crippen LogP contribution >= 0.6 is 27.3 Å². The summed E-state index contributed by atoms with van der Waals surface area (Å²) in [4.78, 5) is 10.7. The smallest absolute Gasteiger partial charge is 0.195 e. The van der Waals surface area contributed by atoms with E-state index in [9.17, 15) is 0 Å². The molecule has 0 aromatic carbocycles. The molecular weight excluding hydrogens is 312 g/mol. The first-order valence-corrected chi connectivity index (χ1v) is 8.16. The van der Waals surface area contributed by atoms with Crippen LogP contribution < -0.4 is 4.90 Å². The Kier molecular flexibility index (Phi) is 3.34. The molecule has 1 fully saturated rings. The van der Waals surface area contributed by atoms with Crippen molar-refractivity contribution in [3.05, 3.63) is 17.3 Å². The van der Waals surface area contributed by atoms with Crippen LogP contribution in [-0.2, 0) is 5.33 Å². The van der Waals surface area contributed by atoms with Gasteiger partial charge in [0, 0.05) is 42.6 Å². The second kappa shape index (κ2) is 4.83. The molecule has 0 spiro atoms. The minimum absolute atomic E-state index is 0.520. The predicted octanol–water partition coefficient (Wildman–Crippen LogP) is 2.43. The summed E-state index contributed by atoms with van der Waals surface area (Å²) in [6.07, 6.45) is 2.10. The van der Waals surface area contributed by atoms with Gasteiger partial charge in [-0.05, 0) is 14.0 Å². The average molecular weight is 329 g/mol. The van der Waals surface area contributed by atoms with Gasteiger partial charge >= 0.3 is 0 Å². The SMILES string of the molecule is CC1CN(C)CCN1c1nc2sccn2c1CBr. The molecule has 4 nitrogen and oxygen atoms in total. The van der Waals surface area contributed by atoms with Crippen molar-refractivity contribution < 1.29 is 0 Å². The highest BCUT2D eigenvalue weighted by Crippen LogP contribution is 2.28. The Morgan fingerprint density at radius 2 is 2.33 bits per heavy atom. The Balaban J connectivity index is 2.00. The van der Waals surface area contributed by atoms with Crippen LogP contribution in [0.25, 0.3) is 4.96 Å². The highest BCUT2D eigenvalue weighted by atomic mass is 79.9. The lowest BCUT2D eigenvalue weighted by Gasteiger charge is -2.38. The van der Waals surface area contributed by atoms with Crippen LogP contribution in [0.5, 0.6) is 0 Å². The minimum atomic E-state index is 0.520. The van der Waals surface area contributed by atoms with Crippen LogP contribution in [0.2, 0.25) is 0 Å². The lowest BCUT2D eigenvalue weighted by atomic mass is 10.2. The van der Waals surface area contributed by atoms with Gasteiger partial charge in [-0.25, -0.2) is 4.98 Å². The number of piperazine rings is 1. The molecule has 1 atom stereocenters. The normalized spacial score (nSPS) is 21.9. The molecule has 2 aromatic rings. The summed E-state index contributed by atoms with van der Waals surface area (Å²) < 4.78 is 2.19. The lowest BCUT2D eigenvalue weighted by molar-refractivity contribution is 0.274. The van der Waals surface area contributed by atoms with E-state index in [1.807, 2.05) is 0 Å². The van der Waals surface area contributed by atoms with E-state index >= 15 is 0 Å². The number of aromatic nitrogens is 2. The molecule has 1 saturated heterocycles. The molecular formula is C12H17BrN4S. The number of fused-ring (bicyclic) bond motifs is 1. The summed E-state index contributed by atoms with van der Waals surface area (Å²) in [6, 6.07) is 0.520. The Hall–Kier alpha value is -0.590. The first kappa shape index (κ1) is 12.4. The molecule has 0 saturated carbocycles. The fraction of sp³-hybridized carbons (Fsp3) is 0.583. The van der Waals surface area contributed by atoms with Gasteiger partial charge in [0.05, 0.1) is 5.69 Å². The van der Waals surface area contributed by atoms with Gasteiger partial charge in [-0.1, -0.05) is 15.9 Å². The quantitative estimate of drug-likeness (QED) is 0.791. The molecule has 0 aliphatic carbocycles. The van der Waals surface area contributed by atoms with Gasteiger partial charge in [0.1, 0.15) is 0 Å². The maximum atomic E-state index is 4.80. The van der Waals surface area contributed by atoms with Crippen molar-refractivity contribution in [1.29, 1.82) is 0 Å². The molecule has 1 aliphatic heterocycles. The minimum Gasteiger partial charge on any atom is -0.350 e. The molecule has 1 unspecified atom stereocenters. The van der Waals surface area contributed by atoms with Gasteiger partial charge in [0.15, 0.2) is 10.8 Å². The van der Waals surface area contributed by atoms with E-state index in [0.717, 1.165) is 35.7 Å². The largest absolute Gasteiger partial charge is 0.350 e. The van der Waals surface area contributed by atoms with E-state index in [4.69, 9.17) is 4.98 Å². The van der Waals surface area contributed by atoms with Crippen LogP contribution in [0.15, 0.2) is 11.6 Å². The van der Waals surface area contributed by atoms with Crippen molar-refractivity contribution in [1.82, 2.24) is 14.3 Å². The molecule has 98 valence electrons. The van der Waals surface area contributed by atoms with Crippen molar-refractivity contribution >= 4 is 38.0 Å². The highest BCUT2D eigenvalue weighted by Gasteiger charge is 2.26. The third-order valence-electron chi connectivity index (χ3n) is 3.57. The van der Waals surface area contributed by atoms with Crippen molar-refractivity contribution in [2.45, 2.75) is 18.3 Å². The van der Waals surface area contributed by atoms with Crippen LogP contribution in [-0.4, -0.2) is 47.0 Å². The van der Waals surface area contributed by atoms with Gasteiger partial charge in [-0.15, -0.1) is 11.3 Å². The number of hydrogen-bond donors (Lipinski definition) is 0. The molecule has 2 aromatic heterocycles. The molecule has 3 rings (SSSR count). The Morgan fingerprint density at radius 3 is 3.06 bits per heavy atom. The van der Waals surface area contributed by atoms with Gasteiger partial charge < -0.3 is 9.80 Å². The fourth-order valence-corrected chi connectivity index (χ4v) is 3.88. The topological polar surface area (TPSA) is 23.8 Å². The average Bonchev–Trinajstić information content (AvgIpc) is 2.88. The van der Waals surface area contributed by atoms with Crippen LogP contribution in [0.3, 0.4) is 0 Å². The van der Waals surface area contributed by atoms with E-state index in [1.54, 1.807) is 11.3 Å². The summed E-state index contributed by atoms with van der Waals surface area (Å²) in [7, 11) is 2.19. The van der Waals surface area contributed by atoms with Crippen LogP contribution in [0.1, 0.15) is 12.6 Å². The van der Waals surface area contributed by atoms with E-state index < -0.39 is 0 Å².